The van der Waals surface area contributed by atoms with Crippen molar-refractivity contribution in [2.75, 3.05) is 13.7 Å². The molecule has 3 nitrogen and oxygen atoms in total. The van der Waals surface area contributed by atoms with Crippen LogP contribution in [-0.2, 0) is 4.74 Å². The van der Waals surface area contributed by atoms with Crippen LogP contribution in [0.5, 0.6) is 5.75 Å². The maximum absolute atomic E-state index is 9.66. The lowest BCUT2D eigenvalue weighted by atomic mass is 10.1. The fraction of sp³-hybridized carbons (Fsp3) is 0.538. The highest BCUT2D eigenvalue weighted by atomic mass is 16.5. The highest BCUT2D eigenvalue weighted by Gasteiger charge is 2.12. The van der Waals surface area contributed by atoms with Gasteiger partial charge in [-0.1, -0.05) is 11.6 Å². The second kappa shape index (κ2) is 5.87. The largest absolute Gasteiger partial charge is 0.488 e. The van der Waals surface area contributed by atoms with Gasteiger partial charge in [-0.3, -0.25) is 0 Å². The number of aliphatic hydroxyl groups excluding tert-OH is 1. The first-order chi connectivity index (χ1) is 7.54. The summed E-state index contributed by atoms with van der Waals surface area (Å²) in [5.74, 6) is 0.727. The molecule has 0 heterocycles. The molecule has 0 amide bonds. The van der Waals surface area contributed by atoms with E-state index < -0.39 is 6.10 Å². The van der Waals surface area contributed by atoms with Crippen molar-refractivity contribution in [3.8, 4) is 5.75 Å². The van der Waals surface area contributed by atoms with E-state index in [4.69, 9.17) is 9.47 Å². The van der Waals surface area contributed by atoms with Crippen LogP contribution in [0, 0.1) is 6.92 Å². The summed E-state index contributed by atoms with van der Waals surface area (Å²) in [5, 5.41) is 9.66. The summed E-state index contributed by atoms with van der Waals surface area (Å²) in [6, 6.07) is 5.81. The molecule has 0 spiro atoms. The Morgan fingerprint density at radius 2 is 2.00 bits per heavy atom. The van der Waals surface area contributed by atoms with Crippen LogP contribution in [0.4, 0.5) is 0 Å². The van der Waals surface area contributed by atoms with E-state index in [1.54, 1.807) is 14.0 Å². The second-order valence-electron chi connectivity index (χ2n) is 4.10. The molecule has 1 rings (SSSR count). The zero-order valence-electron chi connectivity index (χ0n) is 10.4. The van der Waals surface area contributed by atoms with Crippen LogP contribution < -0.4 is 4.74 Å². The van der Waals surface area contributed by atoms with Crippen LogP contribution in [0.2, 0.25) is 0 Å². The molecule has 0 aliphatic carbocycles. The minimum absolute atomic E-state index is 0.0230. The molecule has 2 atom stereocenters. The van der Waals surface area contributed by atoms with Gasteiger partial charge in [0.2, 0.25) is 0 Å². The van der Waals surface area contributed by atoms with Crippen LogP contribution in [0.15, 0.2) is 18.2 Å². The molecule has 0 fully saturated rings. The van der Waals surface area contributed by atoms with Crippen molar-refractivity contribution in [2.24, 2.45) is 0 Å². The van der Waals surface area contributed by atoms with E-state index in [0.29, 0.717) is 6.61 Å². The van der Waals surface area contributed by atoms with E-state index in [1.807, 2.05) is 32.0 Å². The Bertz CT molecular complexity index is 334. The molecule has 90 valence electrons. The summed E-state index contributed by atoms with van der Waals surface area (Å²) in [7, 11) is 1.64. The van der Waals surface area contributed by atoms with Gasteiger partial charge in [-0.15, -0.1) is 0 Å². The predicted molar refractivity (Wildman–Crippen MR) is 63.8 cm³/mol. The Kier molecular flexibility index (Phi) is 4.77. The number of aliphatic hydroxyl groups is 1. The van der Waals surface area contributed by atoms with Crippen molar-refractivity contribution in [1.82, 2.24) is 0 Å². The van der Waals surface area contributed by atoms with E-state index in [0.717, 1.165) is 16.9 Å². The van der Waals surface area contributed by atoms with Crippen molar-refractivity contribution in [3.63, 3.8) is 0 Å². The summed E-state index contributed by atoms with van der Waals surface area (Å²) in [6.45, 7) is 6.21. The number of benzene rings is 1. The molecule has 0 saturated carbocycles. The SMILES string of the molecule is COCC(C)Oc1ccc(C)cc1[C@@H](C)O. The average Bonchev–Trinajstić information content (AvgIpc) is 2.20. The Morgan fingerprint density at radius 1 is 1.31 bits per heavy atom. The summed E-state index contributed by atoms with van der Waals surface area (Å²) < 4.78 is 10.7. The first kappa shape index (κ1) is 13.0. The quantitative estimate of drug-likeness (QED) is 0.835. The Balaban J connectivity index is 2.86. The normalized spacial score (nSPS) is 14.6. The van der Waals surface area contributed by atoms with Gasteiger partial charge < -0.3 is 14.6 Å². The minimum atomic E-state index is -0.523. The molecular weight excluding hydrogens is 204 g/mol. The predicted octanol–water partition coefficient (Wildman–Crippen LogP) is 2.46. The first-order valence-corrected chi connectivity index (χ1v) is 5.48. The van der Waals surface area contributed by atoms with Crippen molar-refractivity contribution < 1.29 is 14.6 Å². The molecule has 3 heteroatoms. The van der Waals surface area contributed by atoms with Crippen LogP contribution >= 0.6 is 0 Å². The van der Waals surface area contributed by atoms with Gasteiger partial charge in [-0.25, -0.2) is 0 Å². The standard InChI is InChI=1S/C13H20O3/c1-9-5-6-13(12(7-9)11(3)14)16-10(2)8-15-4/h5-7,10-11,14H,8H2,1-4H3/t10?,11-/m1/s1. The van der Waals surface area contributed by atoms with Crippen LogP contribution in [0.25, 0.3) is 0 Å². The lowest BCUT2D eigenvalue weighted by Crippen LogP contribution is -2.19. The number of methoxy groups -OCH3 is 1. The van der Waals surface area contributed by atoms with E-state index in [-0.39, 0.29) is 6.10 Å². The summed E-state index contributed by atoms with van der Waals surface area (Å²) in [5.41, 5.74) is 1.94. The third-order valence-electron chi connectivity index (χ3n) is 2.34. The lowest BCUT2D eigenvalue weighted by Gasteiger charge is -2.18. The van der Waals surface area contributed by atoms with Gasteiger partial charge >= 0.3 is 0 Å². The fourth-order valence-electron chi connectivity index (χ4n) is 1.59. The summed E-state index contributed by atoms with van der Waals surface area (Å²) in [6.07, 6.45) is -0.546. The van der Waals surface area contributed by atoms with Gasteiger partial charge in [-0.2, -0.15) is 0 Å². The fourth-order valence-corrected chi connectivity index (χ4v) is 1.59. The molecule has 1 aromatic carbocycles. The Hall–Kier alpha value is -1.06. The lowest BCUT2D eigenvalue weighted by molar-refractivity contribution is 0.0886. The van der Waals surface area contributed by atoms with E-state index in [9.17, 15) is 5.11 Å². The van der Waals surface area contributed by atoms with Crippen LogP contribution in [0.3, 0.4) is 0 Å². The van der Waals surface area contributed by atoms with E-state index in [1.165, 1.54) is 0 Å². The Labute approximate surface area is 97.0 Å². The monoisotopic (exact) mass is 224 g/mol. The highest BCUT2D eigenvalue weighted by molar-refractivity contribution is 5.38. The molecular formula is C13H20O3. The third kappa shape index (κ3) is 3.51. The van der Waals surface area contributed by atoms with Crippen molar-refractivity contribution in [3.05, 3.63) is 29.3 Å². The smallest absolute Gasteiger partial charge is 0.125 e. The molecule has 0 aromatic heterocycles. The van der Waals surface area contributed by atoms with Gasteiger partial charge in [0.1, 0.15) is 11.9 Å². The summed E-state index contributed by atoms with van der Waals surface area (Å²) >= 11 is 0. The summed E-state index contributed by atoms with van der Waals surface area (Å²) in [4.78, 5) is 0. The van der Waals surface area contributed by atoms with Gasteiger partial charge in [-0.05, 0) is 32.9 Å². The van der Waals surface area contributed by atoms with Crippen molar-refractivity contribution in [2.45, 2.75) is 33.0 Å². The Morgan fingerprint density at radius 3 is 2.56 bits per heavy atom. The van der Waals surface area contributed by atoms with Crippen LogP contribution in [-0.4, -0.2) is 24.9 Å². The average molecular weight is 224 g/mol. The molecule has 0 saturated heterocycles. The maximum atomic E-state index is 9.66. The highest BCUT2D eigenvalue weighted by Crippen LogP contribution is 2.27. The molecule has 1 unspecified atom stereocenters. The van der Waals surface area contributed by atoms with Gasteiger partial charge in [0.05, 0.1) is 12.7 Å². The van der Waals surface area contributed by atoms with Gasteiger partial charge in [0.15, 0.2) is 0 Å². The molecule has 0 aliphatic rings. The van der Waals surface area contributed by atoms with Crippen LogP contribution in [0.1, 0.15) is 31.1 Å². The zero-order valence-corrected chi connectivity index (χ0v) is 10.4. The van der Waals surface area contributed by atoms with E-state index >= 15 is 0 Å². The van der Waals surface area contributed by atoms with Crippen molar-refractivity contribution >= 4 is 0 Å². The van der Waals surface area contributed by atoms with Crippen molar-refractivity contribution in [1.29, 1.82) is 0 Å². The topological polar surface area (TPSA) is 38.7 Å². The van der Waals surface area contributed by atoms with Gasteiger partial charge in [0.25, 0.3) is 0 Å². The molecule has 1 aromatic rings. The molecule has 1 N–H and O–H groups in total. The molecule has 0 aliphatic heterocycles. The number of aryl methyl sites for hydroxylation is 1. The number of hydrogen-bond acceptors (Lipinski definition) is 3. The first-order valence-electron chi connectivity index (χ1n) is 5.48. The molecule has 16 heavy (non-hydrogen) atoms. The molecule has 0 bridgehead atoms. The number of hydrogen-bond donors (Lipinski definition) is 1. The third-order valence-corrected chi connectivity index (χ3v) is 2.34. The second-order valence-corrected chi connectivity index (χ2v) is 4.10. The molecule has 0 radical (unpaired) electrons. The minimum Gasteiger partial charge on any atom is -0.488 e. The van der Waals surface area contributed by atoms with E-state index in [2.05, 4.69) is 0 Å². The number of rotatable bonds is 5. The van der Waals surface area contributed by atoms with Gasteiger partial charge in [0, 0.05) is 12.7 Å². The number of ether oxygens (including phenoxy) is 2. The maximum Gasteiger partial charge on any atom is 0.125 e. The zero-order chi connectivity index (χ0) is 12.1.